The first-order valence-electron chi connectivity index (χ1n) is 30.5. The Bertz CT molecular complexity index is 4590. The van der Waals surface area contributed by atoms with Crippen molar-refractivity contribution in [1.82, 2.24) is 14.1 Å². The molecule has 77 heavy (non-hydrogen) atoms. The van der Waals surface area contributed by atoms with Crippen LogP contribution in [0, 0.1) is 60.0 Å². The maximum absolute atomic E-state index is 9.10. The number of rotatable bonds is 10. The average molecular weight is 1190 g/mol. The van der Waals surface area contributed by atoms with E-state index in [2.05, 4.69) is 146 Å². The van der Waals surface area contributed by atoms with Gasteiger partial charge in [-0.1, -0.05) is 215 Å². The molecule has 12 aromatic rings. The molecule has 12 rings (SSSR count). The number of aryl methyl sites for hydroxylation is 6. The number of para-hydroxylation sites is 3. The molecule has 0 saturated heterocycles. The molecule has 0 saturated carbocycles. The smallest absolute Gasteiger partial charge is 0.268 e. The molecule has 0 spiro atoms. The van der Waals surface area contributed by atoms with Gasteiger partial charge in [0.05, 0.1) is 30.4 Å². The molecule has 0 amide bonds. The molecular formula is C70H59BN4OPt-2. The van der Waals surface area contributed by atoms with Gasteiger partial charge >= 0.3 is 0 Å². The van der Waals surface area contributed by atoms with Gasteiger partial charge in [-0.05, 0) is 104 Å². The minimum Gasteiger partial charge on any atom is -0.510 e. The molecule has 3 aromatic heterocycles. The Kier molecular flexibility index (Phi) is 10.7. The summed E-state index contributed by atoms with van der Waals surface area (Å²) in [5, 5.41) is 2.01. The van der Waals surface area contributed by atoms with Crippen molar-refractivity contribution < 1.29 is 44.1 Å². The molecule has 0 N–H and O–H groups in total. The average Bonchev–Trinajstić information content (AvgIpc) is 2.13. The minimum atomic E-state index is -0.575. The molecule has 0 radical (unpaired) electrons. The van der Waals surface area contributed by atoms with Crippen LogP contribution in [0.15, 0.2) is 194 Å². The van der Waals surface area contributed by atoms with Gasteiger partial charge in [0.1, 0.15) is 5.82 Å². The number of hydrogen-bond donors (Lipinski definition) is 0. The fraction of sp³-hybridized carbons (Fsp3) is 0.143. The minimum absolute atomic E-state index is 0. The van der Waals surface area contributed by atoms with Gasteiger partial charge in [-0.25, -0.2) is 4.98 Å². The summed E-state index contributed by atoms with van der Waals surface area (Å²) in [5.74, 6) is 1.51. The first-order valence-corrected chi connectivity index (χ1v) is 25.5. The van der Waals surface area contributed by atoms with Crippen molar-refractivity contribution in [2.75, 3.05) is 0 Å². The normalized spacial score (nSPS) is 13.4. The standard InChI is InChI=1S/C70H59BN4O.Pt/c1-45-36-47(3)67(48(4)37-45)71(68-49(5)38-46(2)39-50(68)6)54-30-33-62-61(41-54)60-32-31-57(43-65(60)75(62)66-40-53(34-35-72-66)70(7,8)9)76-56-25-18-24-55(42-56)73-44-74(64-29-17-16-28-63(64)73)69-58(51-20-12-10-13-21-51)26-19-27-59(69)52-22-14-11-15-23-52;/h10-41H,1-9H3;/q-2;/i10D,11D,12D,13D,14D,15D,20D,21D,22D,23D;. The van der Waals surface area contributed by atoms with Crippen LogP contribution in [-0.2, 0) is 26.5 Å². The predicted molar refractivity (Wildman–Crippen MR) is 315 cm³/mol. The molecule has 0 bridgehead atoms. The molecule has 9 aromatic carbocycles. The molecule has 0 unspecified atom stereocenters. The number of ether oxygens (including phenoxy) is 1. The van der Waals surface area contributed by atoms with Crippen molar-refractivity contribution in [2.45, 2.75) is 67.7 Å². The first-order chi connectivity index (χ1) is 40.9. The van der Waals surface area contributed by atoms with Gasteiger partial charge in [0.15, 0.2) is 0 Å². The van der Waals surface area contributed by atoms with E-state index in [9.17, 15) is 0 Å². The van der Waals surface area contributed by atoms with Crippen LogP contribution in [-0.4, -0.2) is 20.8 Å². The quantitative estimate of drug-likeness (QED) is 0.0777. The van der Waals surface area contributed by atoms with E-state index < -0.39 is 60.4 Å². The number of imidazole rings is 1. The van der Waals surface area contributed by atoms with Crippen LogP contribution < -0.4 is 25.7 Å². The zero-order valence-electron chi connectivity index (χ0n) is 54.3. The van der Waals surface area contributed by atoms with E-state index in [4.69, 9.17) is 23.4 Å². The Morgan fingerprint density at radius 3 is 1.81 bits per heavy atom. The largest absolute Gasteiger partial charge is 0.510 e. The third kappa shape index (κ3) is 9.44. The fourth-order valence-corrected chi connectivity index (χ4v) is 11.3. The Balaban J connectivity index is 0.00000784. The molecule has 3 heterocycles. The molecule has 0 aliphatic heterocycles. The molecule has 0 aliphatic rings. The molecule has 0 aliphatic carbocycles. The summed E-state index contributed by atoms with van der Waals surface area (Å²) < 4.78 is 100. The summed E-state index contributed by atoms with van der Waals surface area (Å²) >= 11 is 0. The van der Waals surface area contributed by atoms with Crippen LogP contribution in [0.5, 0.6) is 11.5 Å². The van der Waals surface area contributed by atoms with Crippen LogP contribution in [0.25, 0.3) is 72.3 Å². The van der Waals surface area contributed by atoms with E-state index in [1.165, 1.54) is 49.8 Å². The summed E-state index contributed by atoms with van der Waals surface area (Å²) in [5.41, 5.74) is 15.7. The number of nitrogens with zero attached hydrogens (tertiary/aromatic N) is 4. The molecule has 5 nitrogen and oxygen atoms in total. The van der Waals surface area contributed by atoms with Crippen molar-refractivity contribution in [2.24, 2.45) is 0 Å². The van der Waals surface area contributed by atoms with Gasteiger partial charge in [-0.15, -0.1) is 29.7 Å². The second-order valence-corrected chi connectivity index (χ2v) is 20.9. The zero-order chi connectivity index (χ0) is 61.1. The Hall–Kier alpha value is -8.05. The second-order valence-electron chi connectivity index (χ2n) is 20.9. The van der Waals surface area contributed by atoms with Crippen molar-refractivity contribution in [1.29, 1.82) is 0 Å². The SMILES string of the molecule is [2H]c1c([2H])c([2H])c(-c2cccc(-c3c([2H])c([2H])c([2H])c([2H])c3[2H])c2-[n+]2[c-]n(-c3[c-]c(Oc4[c-]c5c(cc4)c4cc(B(c6c(C)cc(C)cc6C)c6c(C)cc(C)cc6C)ccc4n5-c4cc(C(C)(C)C)ccn4)ccc3)c3ccccc32)c([2H])c1[2H].[Pt]. The molecule has 0 atom stereocenters. The summed E-state index contributed by atoms with van der Waals surface area (Å²) in [6.45, 7) is 19.7. The molecular weight excluding hydrogens is 1120 g/mol. The third-order valence-electron chi connectivity index (χ3n) is 14.5. The van der Waals surface area contributed by atoms with Crippen LogP contribution in [0.4, 0.5) is 0 Å². The van der Waals surface area contributed by atoms with Gasteiger partial charge in [0.2, 0.25) is 6.71 Å². The van der Waals surface area contributed by atoms with E-state index >= 15 is 0 Å². The predicted octanol–water partition coefficient (Wildman–Crippen LogP) is 14.6. The summed E-state index contributed by atoms with van der Waals surface area (Å²) in [6.07, 6.45) is 5.31. The van der Waals surface area contributed by atoms with Gasteiger partial charge < -0.3 is 13.9 Å². The van der Waals surface area contributed by atoms with Crippen molar-refractivity contribution in [3.05, 3.63) is 251 Å². The van der Waals surface area contributed by atoms with Crippen LogP contribution in [0.3, 0.4) is 0 Å². The van der Waals surface area contributed by atoms with Crippen molar-refractivity contribution in [3.8, 4) is 50.9 Å². The third-order valence-corrected chi connectivity index (χ3v) is 14.5. The van der Waals surface area contributed by atoms with E-state index in [-0.39, 0.29) is 61.1 Å². The topological polar surface area (TPSA) is 35.9 Å². The number of fused-ring (bicyclic) bond motifs is 4. The number of benzene rings is 9. The maximum Gasteiger partial charge on any atom is 0.268 e. The van der Waals surface area contributed by atoms with Crippen molar-refractivity contribution >= 4 is 55.9 Å². The maximum atomic E-state index is 9.10. The second kappa shape index (κ2) is 20.5. The Labute approximate surface area is 481 Å². The van der Waals surface area contributed by atoms with E-state index in [1.54, 1.807) is 33.4 Å². The summed E-state index contributed by atoms with van der Waals surface area (Å²) in [6, 6.07) is 43.6. The Morgan fingerprint density at radius 1 is 0.584 bits per heavy atom. The Morgan fingerprint density at radius 2 is 1.18 bits per heavy atom. The summed E-state index contributed by atoms with van der Waals surface area (Å²) in [4.78, 5) is 5.01. The first kappa shape index (κ1) is 40.2. The molecule has 380 valence electrons. The van der Waals surface area contributed by atoms with E-state index in [0.29, 0.717) is 28.2 Å². The molecule has 0 fully saturated rings. The monoisotopic (exact) mass is 1190 g/mol. The van der Waals surface area contributed by atoms with Crippen LogP contribution >= 0.6 is 0 Å². The molecule has 7 heteroatoms. The van der Waals surface area contributed by atoms with Gasteiger partial charge in [0.25, 0.3) is 6.33 Å². The van der Waals surface area contributed by atoms with E-state index in [1.807, 2.05) is 48.7 Å². The number of pyridine rings is 1. The van der Waals surface area contributed by atoms with Gasteiger partial charge in [0, 0.05) is 44.3 Å². The van der Waals surface area contributed by atoms with Crippen LogP contribution in [0.2, 0.25) is 0 Å². The summed E-state index contributed by atoms with van der Waals surface area (Å²) in [7, 11) is 0. The van der Waals surface area contributed by atoms with Gasteiger partial charge in [-0.2, -0.15) is 18.2 Å². The van der Waals surface area contributed by atoms with Gasteiger partial charge in [-0.3, -0.25) is 4.57 Å². The zero-order valence-corrected chi connectivity index (χ0v) is 46.6. The fourth-order valence-electron chi connectivity index (χ4n) is 11.3. The van der Waals surface area contributed by atoms with E-state index in [0.717, 1.165) is 33.2 Å². The number of hydrogen-bond acceptors (Lipinski definition) is 2. The van der Waals surface area contributed by atoms with Crippen LogP contribution in [0.1, 0.15) is 73.4 Å². The number of aromatic nitrogens is 4. The van der Waals surface area contributed by atoms with Crippen molar-refractivity contribution in [3.63, 3.8) is 0 Å².